The van der Waals surface area contributed by atoms with Crippen LogP contribution < -0.4 is 15.0 Å². The molecule has 2 saturated heterocycles. The molecule has 1 atom stereocenters. The number of ether oxygens (including phenoxy) is 4. The maximum Gasteiger partial charge on any atom is 0.421 e. The molecule has 0 spiro atoms. The van der Waals surface area contributed by atoms with Gasteiger partial charge in [-0.2, -0.15) is 13.2 Å². The van der Waals surface area contributed by atoms with Crippen molar-refractivity contribution in [1.29, 1.82) is 0 Å². The lowest BCUT2D eigenvalue weighted by molar-refractivity contribution is -0.141. The number of pyridine rings is 2. The fourth-order valence-electron chi connectivity index (χ4n) is 8.07. The molecule has 3 fully saturated rings. The number of fused-ring (bicyclic) bond motifs is 4. The number of halogens is 3. The number of rotatable bonds is 15. The van der Waals surface area contributed by atoms with E-state index in [4.69, 9.17) is 18.9 Å². The fourth-order valence-corrected chi connectivity index (χ4v) is 8.07. The van der Waals surface area contributed by atoms with E-state index in [2.05, 4.69) is 20.3 Å². The summed E-state index contributed by atoms with van der Waals surface area (Å²) in [5, 5.41) is 4.07. The second kappa shape index (κ2) is 16.3. The van der Waals surface area contributed by atoms with Gasteiger partial charge < -0.3 is 28.8 Å². The Labute approximate surface area is 341 Å². The van der Waals surface area contributed by atoms with Crippen molar-refractivity contribution in [3.63, 3.8) is 0 Å². The summed E-state index contributed by atoms with van der Waals surface area (Å²) < 4.78 is 65.8. The lowest BCUT2D eigenvalue weighted by atomic mass is 9.92. The number of piperidine rings is 1. The van der Waals surface area contributed by atoms with E-state index in [1.165, 1.54) is 6.20 Å². The van der Waals surface area contributed by atoms with Crippen molar-refractivity contribution in [2.75, 3.05) is 44.4 Å². The zero-order valence-corrected chi connectivity index (χ0v) is 32.3. The highest BCUT2D eigenvalue weighted by Gasteiger charge is 2.45. The second-order valence-corrected chi connectivity index (χ2v) is 15.5. The molecule has 1 aliphatic carbocycles. The highest BCUT2D eigenvalue weighted by Crippen LogP contribution is 2.40. The lowest BCUT2D eigenvalue weighted by Gasteiger charge is -2.40. The number of anilines is 1. The molecule has 0 radical (unpaired) electrons. The number of H-pyrrole nitrogens is 1. The van der Waals surface area contributed by atoms with Gasteiger partial charge in [-0.15, -0.1) is 0 Å². The number of aromatic amines is 1. The predicted octanol–water partition coefficient (Wildman–Crippen LogP) is 5.83. The maximum absolute atomic E-state index is 14.2. The van der Waals surface area contributed by atoms with E-state index in [1.54, 1.807) is 36.7 Å². The third kappa shape index (κ3) is 7.91. The van der Waals surface area contributed by atoms with Crippen LogP contribution in [0.5, 0.6) is 5.88 Å². The highest BCUT2D eigenvalue weighted by molar-refractivity contribution is 6.23. The van der Waals surface area contributed by atoms with Crippen LogP contribution >= 0.6 is 0 Å². The Hall–Kier alpha value is -5.91. The molecule has 9 rings (SSSR count). The summed E-state index contributed by atoms with van der Waals surface area (Å²) >= 11 is 0. The first-order valence-electron chi connectivity index (χ1n) is 20.0. The van der Waals surface area contributed by atoms with Gasteiger partial charge in [0.05, 0.1) is 23.3 Å². The number of carbonyl (C=O) groups is 4. The first-order valence-corrected chi connectivity index (χ1v) is 20.0. The molecule has 60 heavy (non-hydrogen) atoms. The number of benzene rings is 2. The molecule has 1 saturated carbocycles. The van der Waals surface area contributed by atoms with Gasteiger partial charge >= 0.3 is 6.18 Å². The average Bonchev–Trinajstić information content (AvgIpc) is 3.69. The first-order chi connectivity index (χ1) is 29.0. The summed E-state index contributed by atoms with van der Waals surface area (Å²) in [6.45, 7) is 3.24. The van der Waals surface area contributed by atoms with Crippen LogP contribution in [0.15, 0.2) is 67.1 Å². The standard InChI is InChI=1S/C43H41F3N6O8/c44-43(45,46)34-15-25(24-3-5-30-33-21-47-10-9-35(33)49-36(30)16-24)20-48-40(34)60-28-18-27(19-28)58-13-1-11-57-12-2-14-59-29-22-51(23-29)26-4-6-31-32(17-26)42(56)52(41(31)55)37-7-8-38(53)50-39(37)54/h3-6,9-10,15-17,20-21,27-29,37,49H,1-2,7-8,11-14,18-19,22-23H2,(H,50,53,54). The summed E-state index contributed by atoms with van der Waals surface area (Å²) in [7, 11) is 0. The molecule has 4 amide bonds. The molecule has 2 aromatic carbocycles. The van der Waals surface area contributed by atoms with E-state index in [0.29, 0.717) is 76.3 Å². The zero-order valence-electron chi connectivity index (χ0n) is 32.3. The van der Waals surface area contributed by atoms with Crippen LogP contribution in [0.4, 0.5) is 18.9 Å². The van der Waals surface area contributed by atoms with Crippen molar-refractivity contribution >= 4 is 51.1 Å². The van der Waals surface area contributed by atoms with Crippen LogP contribution in [0.3, 0.4) is 0 Å². The number of hydrogen-bond donors (Lipinski definition) is 2. The number of carbonyl (C=O) groups excluding carboxylic acids is 4. The first kappa shape index (κ1) is 39.5. The molecular formula is C43H41F3N6O8. The van der Waals surface area contributed by atoms with Gasteiger partial charge in [-0.3, -0.25) is 34.4 Å². The van der Waals surface area contributed by atoms with Crippen LogP contribution in [-0.2, 0) is 30.0 Å². The van der Waals surface area contributed by atoms with Crippen molar-refractivity contribution in [2.24, 2.45) is 0 Å². The minimum atomic E-state index is -4.65. The van der Waals surface area contributed by atoms with Gasteiger partial charge in [-0.05, 0) is 61.2 Å². The third-order valence-corrected chi connectivity index (χ3v) is 11.4. The number of alkyl halides is 3. The molecule has 2 N–H and O–H groups in total. The molecule has 17 heteroatoms. The SMILES string of the molecule is O=C1CCC(N2C(=O)c3ccc(N4CC(OCCCOCCCOC5CC(Oc6ncc(-c7ccc8c(c7)[nH]c7ccncc78)cc6C(F)(F)F)C5)C4)cc3C2=O)C(=O)N1. The van der Waals surface area contributed by atoms with Crippen LogP contribution in [0.2, 0.25) is 0 Å². The fraction of sp³-hybridized carbons (Fsp3) is 0.395. The number of amides is 4. The quantitative estimate of drug-likeness (QED) is 0.0965. The summed E-state index contributed by atoms with van der Waals surface area (Å²) in [6, 6.07) is 12.4. The van der Waals surface area contributed by atoms with E-state index in [9.17, 15) is 32.3 Å². The highest BCUT2D eigenvalue weighted by atomic mass is 19.4. The molecule has 6 heterocycles. The van der Waals surface area contributed by atoms with E-state index >= 15 is 0 Å². The number of aromatic nitrogens is 3. The van der Waals surface area contributed by atoms with Crippen LogP contribution in [0.1, 0.15) is 64.8 Å². The number of hydrogen-bond acceptors (Lipinski definition) is 11. The number of nitrogens with one attached hydrogen (secondary N) is 2. The Morgan fingerprint density at radius 1 is 0.767 bits per heavy atom. The largest absolute Gasteiger partial charge is 0.474 e. The molecule has 3 aliphatic heterocycles. The summed E-state index contributed by atoms with van der Waals surface area (Å²) in [5.74, 6) is -2.56. The second-order valence-electron chi connectivity index (χ2n) is 15.5. The maximum atomic E-state index is 14.2. The molecule has 14 nitrogen and oxygen atoms in total. The number of imide groups is 2. The third-order valence-electron chi connectivity index (χ3n) is 11.4. The Morgan fingerprint density at radius 2 is 1.53 bits per heavy atom. The molecule has 3 aromatic heterocycles. The Bertz CT molecular complexity index is 2480. The average molecular weight is 827 g/mol. The van der Waals surface area contributed by atoms with E-state index in [1.807, 2.05) is 23.1 Å². The van der Waals surface area contributed by atoms with Crippen molar-refractivity contribution in [1.82, 2.24) is 25.2 Å². The van der Waals surface area contributed by atoms with Gasteiger partial charge in [-0.1, -0.05) is 12.1 Å². The van der Waals surface area contributed by atoms with Gasteiger partial charge in [0.1, 0.15) is 17.7 Å². The Balaban J connectivity index is 0.645. The Morgan fingerprint density at radius 3 is 2.30 bits per heavy atom. The monoisotopic (exact) mass is 826 g/mol. The summed E-state index contributed by atoms with van der Waals surface area (Å²) in [6.07, 6.45) is 2.16. The normalized spacial score (nSPS) is 20.8. The molecule has 4 aliphatic rings. The Kier molecular flexibility index (Phi) is 10.7. The molecule has 1 unspecified atom stereocenters. The topological polar surface area (TPSA) is 165 Å². The predicted molar refractivity (Wildman–Crippen MR) is 210 cm³/mol. The number of nitrogens with zero attached hydrogens (tertiary/aromatic N) is 4. The van der Waals surface area contributed by atoms with Gasteiger partial charge in [0.2, 0.25) is 17.7 Å². The zero-order chi connectivity index (χ0) is 41.5. The molecule has 5 aromatic rings. The van der Waals surface area contributed by atoms with E-state index < -0.39 is 53.4 Å². The van der Waals surface area contributed by atoms with Gasteiger partial charge in [0.15, 0.2) is 0 Å². The van der Waals surface area contributed by atoms with Crippen LogP contribution in [-0.4, -0.2) is 107 Å². The molecule has 0 bridgehead atoms. The van der Waals surface area contributed by atoms with Gasteiger partial charge in [0, 0.05) is 110 Å². The molecule has 312 valence electrons. The summed E-state index contributed by atoms with van der Waals surface area (Å²) in [5.41, 5.74) is 2.97. The smallest absolute Gasteiger partial charge is 0.421 e. The lowest BCUT2D eigenvalue weighted by Crippen LogP contribution is -2.54. The van der Waals surface area contributed by atoms with E-state index in [-0.39, 0.29) is 36.2 Å². The van der Waals surface area contributed by atoms with Gasteiger partial charge in [-0.25, -0.2) is 4.98 Å². The van der Waals surface area contributed by atoms with Gasteiger partial charge in [0.25, 0.3) is 11.8 Å². The van der Waals surface area contributed by atoms with Crippen molar-refractivity contribution in [3.05, 3.63) is 83.8 Å². The minimum Gasteiger partial charge on any atom is -0.474 e. The van der Waals surface area contributed by atoms with Crippen LogP contribution in [0.25, 0.3) is 32.9 Å². The van der Waals surface area contributed by atoms with E-state index in [0.717, 1.165) is 38.5 Å². The minimum absolute atomic E-state index is 0.0137. The summed E-state index contributed by atoms with van der Waals surface area (Å²) in [4.78, 5) is 64.5. The van der Waals surface area contributed by atoms with Crippen molar-refractivity contribution < 1.29 is 51.3 Å². The van der Waals surface area contributed by atoms with Crippen molar-refractivity contribution in [3.8, 4) is 17.0 Å². The van der Waals surface area contributed by atoms with Crippen molar-refractivity contribution in [2.45, 2.75) is 69.1 Å². The van der Waals surface area contributed by atoms with Crippen LogP contribution in [0, 0.1) is 0 Å². The molecular weight excluding hydrogens is 786 g/mol.